The van der Waals surface area contributed by atoms with Crippen molar-refractivity contribution in [3.8, 4) is 0 Å². The van der Waals surface area contributed by atoms with Crippen molar-refractivity contribution in [2.75, 3.05) is 33.9 Å². The van der Waals surface area contributed by atoms with Crippen molar-refractivity contribution < 1.29 is 9.59 Å². The standard InChI is InChI=1S/C21H26N4O2/c1-15-10-12-25(13-11-15)20-8-6-17(7-9-20)23-21(27)24-19-5-3-4-18(14-19)22-16(2)26/h3-9,14-15H,10-13H2,1-2H3,(H,22,26)(H2,23,24,27). The van der Waals surface area contributed by atoms with Gasteiger partial charge in [-0.2, -0.15) is 0 Å². The van der Waals surface area contributed by atoms with Crippen LogP contribution in [0, 0.1) is 5.92 Å². The van der Waals surface area contributed by atoms with Gasteiger partial charge in [-0.3, -0.25) is 4.79 Å². The fraction of sp³-hybridized carbons (Fsp3) is 0.333. The van der Waals surface area contributed by atoms with E-state index in [1.54, 1.807) is 24.3 Å². The normalized spacial score (nSPS) is 14.5. The number of carbonyl (C=O) groups excluding carboxylic acids is 2. The van der Waals surface area contributed by atoms with Crippen molar-refractivity contribution >= 4 is 34.7 Å². The van der Waals surface area contributed by atoms with Crippen LogP contribution in [0.1, 0.15) is 26.7 Å². The number of nitrogens with zero attached hydrogens (tertiary/aromatic N) is 1. The van der Waals surface area contributed by atoms with Gasteiger partial charge >= 0.3 is 6.03 Å². The number of carbonyl (C=O) groups is 2. The molecule has 1 aliphatic rings. The molecule has 0 aliphatic carbocycles. The summed E-state index contributed by atoms with van der Waals surface area (Å²) in [6, 6.07) is 14.6. The third-order valence-electron chi connectivity index (χ3n) is 4.71. The van der Waals surface area contributed by atoms with Gasteiger partial charge in [0.15, 0.2) is 0 Å². The minimum absolute atomic E-state index is 0.153. The average Bonchev–Trinajstić information content (AvgIpc) is 2.63. The van der Waals surface area contributed by atoms with E-state index in [1.165, 1.54) is 25.5 Å². The number of nitrogens with one attached hydrogen (secondary N) is 3. The second kappa shape index (κ2) is 8.58. The Morgan fingerprint density at radius 2 is 1.48 bits per heavy atom. The topological polar surface area (TPSA) is 73.5 Å². The second-order valence-electron chi connectivity index (χ2n) is 7.06. The zero-order chi connectivity index (χ0) is 19.2. The summed E-state index contributed by atoms with van der Waals surface area (Å²) in [5.41, 5.74) is 3.17. The van der Waals surface area contributed by atoms with Crippen molar-refractivity contribution in [3.63, 3.8) is 0 Å². The predicted molar refractivity (Wildman–Crippen MR) is 110 cm³/mol. The number of hydrogen-bond donors (Lipinski definition) is 3. The lowest BCUT2D eigenvalue weighted by molar-refractivity contribution is -0.114. The number of anilines is 4. The predicted octanol–water partition coefficient (Wildman–Crippen LogP) is 4.53. The van der Waals surface area contributed by atoms with Crippen LogP contribution >= 0.6 is 0 Å². The van der Waals surface area contributed by atoms with E-state index in [0.29, 0.717) is 11.4 Å². The van der Waals surface area contributed by atoms with E-state index in [0.717, 1.165) is 24.7 Å². The Hall–Kier alpha value is -3.02. The Balaban J connectivity index is 1.56. The Morgan fingerprint density at radius 3 is 2.11 bits per heavy atom. The minimum atomic E-state index is -0.325. The number of urea groups is 1. The third-order valence-corrected chi connectivity index (χ3v) is 4.71. The SMILES string of the molecule is CC(=O)Nc1cccc(NC(=O)Nc2ccc(N3CCC(C)CC3)cc2)c1. The quantitative estimate of drug-likeness (QED) is 0.744. The molecule has 3 amide bonds. The van der Waals surface area contributed by atoms with Crippen molar-refractivity contribution in [1.29, 1.82) is 0 Å². The van der Waals surface area contributed by atoms with E-state index >= 15 is 0 Å². The van der Waals surface area contributed by atoms with Crippen molar-refractivity contribution in [2.45, 2.75) is 26.7 Å². The van der Waals surface area contributed by atoms with Crippen LogP contribution in [0.3, 0.4) is 0 Å². The molecule has 1 aliphatic heterocycles. The summed E-state index contributed by atoms with van der Waals surface area (Å²) in [4.78, 5) is 25.7. The first kappa shape index (κ1) is 18.8. The average molecular weight is 366 g/mol. The van der Waals surface area contributed by atoms with Gasteiger partial charge in [0, 0.05) is 42.8 Å². The molecule has 0 aromatic heterocycles. The highest BCUT2D eigenvalue weighted by molar-refractivity contribution is 6.00. The van der Waals surface area contributed by atoms with Gasteiger partial charge in [0.25, 0.3) is 0 Å². The van der Waals surface area contributed by atoms with Crippen LogP contribution in [-0.4, -0.2) is 25.0 Å². The summed E-state index contributed by atoms with van der Waals surface area (Å²) in [5, 5.41) is 8.30. The fourth-order valence-electron chi connectivity index (χ4n) is 3.19. The van der Waals surface area contributed by atoms with Crippen LogP contribution in [0.2, 0.25) is 0 Å². The van der Waals surface area contributed by atoms with E-state index in [-0.39, 0.29) is 11.9 Å². The zero-order valence-electron chi connectivity index (χ0n) is 15.8. The molecule has 0 unspecified atom stereocenters. The first-order valence-electron chi connectivity index (χ1n) is 9.30. The van der Waals surface area contributed by atoms with E-state index in [2.05, 4.69) is 27.8 Å². The van der Waals surface area contributed by atoms with Gasteiger partial charge in [0.2, 0.25) is 5.91 Å². The van der Waals surface area contributed by atoms with Crippen molar-refractivity contribution in [3.05, 3.63) is 48.5 Å². The Morgan fingerprint density at radius 1 is 0.889 bits per heavy atom. The van der Waals surface area contributed by atoms with Crippen LogP contribution in [0.4, 0.5) is 27.5 Å². The van der Waals surface area contributed by atoms with Crippen LogP contribution in [0.5, 0.6) is 0 Å². The fourth-order valence-corrected chi connectivity index (χ4v) is 3.19. The lowest BCUT2D eigenvalue weighted by Crippen LogP contribution is -2.32. The van der Waals surface area contributed by atoms with E-state index < -0.39 is 0 Å². The number of hydrogen-bond acceptors (Lipinski definition) is 3. The molecule has 0 saturated carbocycles. The van der Waals surface area contributed by atoms with Crippen LogP contribution < -0.4 is 20.9 Å². The summed E-state index contributed by atoms with van der Waals surface area (Å²) in [7, 11) is 0. The van der Waals surface area contributed by atoms with Crippen molar-refractivity contribution in [1.82, 2.24) is 0 Å². The maximum absolute atomic E-state index is 12.2. The second-order valence-corrected chi connectivity index (χ2v) is 7.06. The third kappa shape index (κ3) is 5.48. The highest BCUT2D eigenvalue weighted by Gasteiger charge is 2.15. The lowest BCUT2D eigenvalue weighted by Gasteiger charge is -2.32. The molecule has 6 nitrogen and oxygen atoms in total. The largest absolute Gasteiger partial charge is 0.372 e. The Kier molecular flexibility index (Phi) is 5.96. The first-order valence-corrected chi connectivity index (χ1v) is 9.30. The molecule has 6 heteroatoms. The maximum Gasteiger partial charge on any atom is 0.323 e. The highest BCUT2D eigenvalue weighted by Crippen LogP contribution is 2.24. The van der Waals surface area contributed by atoms with E-state index in [4.69, 9.17) is 0 Å². The molecule has 1 fully saturated rings. The highest BCUT2D eigenvalue weighted by atomic mass is 16.2. The van der Waals surface area contributed by atoms with Crippen LogP contribution in [0.15, 0.2) is 48.5 Å². The molecule has 142 valence electrons. The number of rotatable bonds is 4. The lowest BCUT2D eigenvalue weighted by atomic mass is 9.99. The van der Waals surface area contributed by atoms with Gasteiger partial charge in [0.1, 0.15) is 0 Å². The van der Waals surface area contributed by atoms with E-state index in [1.807, 2.05) is 24.3 Å². The van der Waals surface area contributed by atoms with Gasteiger partial charge in [0.05, 0.1) is 0 Å². The van der Waals surface area contributed by atoms with Gasteiger partial charge in [-0.05, 0) is 61.2 Å². The van der Waals surface area contributed by atoms with Gasteiger partial charge in [-0.15, -0.1) is 0 Å². The summed E-state index contributed by atoms with van der Waals surface area (Å²) >= 11 is 0. The molecule has 2 aromatic rings. The Labute approximate surface area is 159 Å². The zero-order valence-corrected chi connectivity index (χ0v) is 15.8. The van der Waals surface area contributed by atoms with Crippen LogP contribution in [0.25, 0.3) is 0 Å². The molecule has 27 heavy (non-hydrogen) atoms. The molecular formula is C21H26N4O2. The smallest absolute Gasteiger partial charge is 0.323 e. The number of benzene rings is 2. The minimum Gasteiger partial charge on any atom is -0.372 e. The summed E-state index contributed by atoms with van der Waals surface area (Å²) < 4.78 is 0. The van der Waals surface area contributed by atoms with Crippen LogP contribution in [-0.2, 0) is 4.79 Å². The van der Waals surface area contributed by atoms with Gasteiger partial charge in [-0.1, -0.05) is 13.0 Å². The summed E-state index contributed by atoms with van der Waals surface area (Å²) in [6.45, 7) is 5.91. The molecule has 0 radical (unpaired) electrons. The van der Waals surface area contributed by atoms with Crippen molar-refractivity contribution in [2.24, 2.45) is 5.92 Å². The molecular weight excluding hydrogens is 340 g/mol. The monoisotopic (exact) mass is 366 g/mol. The molecule has 1 heterocycles. The summed E-state index contributed by atoms with van der Waals surface area (Å²) in [6.07, 6.45) is 2.44. The number of amides is 3. The molecule has 0 bridgehead atoms. The molecule has 3 rings (SSSR count). The van der Waals surface area contributed by atoms with E-state index in [9.17, 15) is 9.59 Å². The maximum atomic E-state index is 12.2. The first-order chi connectivity index (χ1) is 13.0. The van der Waals surface area contributed by atoms with Gasteiger partial charge < -0.3 is 20.9 Å². The number of piperidine rings is 1. The molecule has 0 spiro atoms. The molecule has 1 saturated heterocycles. The van der Waals surface area contributed by atoms with Gasteiger partial charge in [-0.25, -0.2) is 4.79 Å². The molecule has 3 N–H and O–H groups in total. The molecule has 0 atom stereocenters. The molecule has 2 aromatic carbocycles. The summed E-state index contributed by atoms with van der Waals surface area (Å²) in [5.74, 6) is 0.648. The Bertz CT molecular complexity index is 796.